The Balaban J connectivity index is 2.03. The summed E-state index contributed by atoms with van der Waals surface area (Å²) >= 11 is 0. The van der Waals surface area contributed by atoms with E-state index in [1.165, 1.54) is 17.6 Å². The summed E-state index contributed by atoms with van der Waals surface area (Å²) in [5, 5.41) is 2.67. The van der Waals surface area contributed by atoms with Gasteiger partial charge in [-0.15, -0.1) is 0 Å². The molecule has 0 aliphatic carbocycles. The van der Waals surface area contributed by atoms with Crippen LogP contribution in [0.25, 0.3) is 0 Å². The van der Waals surface area contributed by atoms with Crippen molar-refractivity contribution in [1.82, 2.24) is 4.57 Å². The zero-order valence-corrected chi connectivity index (χ0v) is 16.2. The Morgan fingerprint density at radius 3 is 2.21 bits per heavy atom. The number of nitrogens with zero attached hydrogens (tertiary/aromatic N) is 1. The number of aromatic nitrogens is 1. The van der Waals surface area contributed by atoms with Crippen molar-refractivity contribution in [3.63, 3.8) is 0 Å². The lowest BCUT2D eigenvalue weighted by molar-refractivity contribution is 0.100. The number of pyridine rings is 1. The molecule has 3 rings (SSSR count). The third-order valence-corrected chi connectivity index (χ3v) is 4.68. The van der Waals surface area contributed by atoms with Gasteiger partial charge in [-0.25, -0.2) is 0 Å². The van der Waals surface area contributed by atoms with Crippen LogP contribution in [-0.2, 0) is 6.54 Å². The fraction of sp³-hybridized carbons (Fsp3) is 0.174. The first kappa shape index (κ1) is 19.3. The Kier molecular flexibility index (Phi) is 5.54. The molecule has 1 aromatic heterocycles. The highest BCUT2D eigenvalue weighted by Crippen LogP contribution is 2.15. The number of aryl methyl sites for hydroxylation is 1. The van der Waals surface area contributed by atoms with E-state index in [1.54, 1.807) is 19.1 Å². The average molecular weight is 374 g/mol. The molecule has 2 aromatic carbocycles. The SMILES string of the molecule is CC(=O)c1cc(NC(=O)c2ccc(C)cc2)c(=O)n(Cc2ccccc2)c1C. The lowest BCUT2D eigenvalue weighted by atomic mass is 10.1. The van der Waals surface area contributed by atoms with E-state index >= 15 is 0 Å². The van der Waals surface area contributed by atoms with Crippen LogP contribution in [0.15, 0.2) is 65.5 Å². The Labute approximate surface area is 163 Å². The van der Waals surface area contributed by atoms with Crippen LogP contribution >= 0.6 is 0 Å². The number of carbonyl (C=O) groups is 2. The summed E-state index contributed by atoms with van der Waals surface area (Å²) in [7, 11) is 0. The summed E-state index contributed by atoms with van der Waals surface area (Å²) in [4.78, 5) is 37.7. The summed E-state index contributed by atoms with van der Waals surface area (Å²) in [6.45, 7) is 5.45. The molecule has 1 heterocycles. The number of Topliss-reactive ketones (excluding diaryl/α,β-unsaturated/α-hetero) is 1. The monoisotopic (exact) mass is 374 g/mol. The minimum Gasteiger partial charge on any atom is -0.317 e. The highest BCUT2D eigenvalue weighted by Gasteiger charge is 2.17. The van der Waals surface area contributed by atoms with E-state index in [9.17, 15) is 14.4 Å². The van der Waals surface area contributed by atoms with Crippen LogP contribution in [0.5, 0.6) is 0 Å². The number of ketones is 1. The van der Waals surface area contributed by atoms with Gasteiger partial charge in [-0.2, -0.15) is 0 Å². The molecule has 28 heavy (non-hydrogen) atoms. The Morgan fingerprint density at radius 2 is 1.61 bits per heavy atom. The van der Waals surface area contributed by atoms with Crippen LogP contribution in [0.1, 0.15) is 44.5 Å². The molecule has 3 aromatic rings. The molecule has 0 spiro atoms. The van der Waals surface area contributed by atoms with Gasteiger partial charge in [-0.3, -0.25) is 14.4 Å². The molecule has 0 radical (unpaired) electrons. The van der Waals surface area contributed by atoms with Gasteiger partial charge in [0.15, 0.2) is 5.78 Å². The third kappa shape index (κ3) is 4.09. The third-order valence-electron chi connectivity index (χ3n) is 4.68. The first-order chi connectivity index (χ1) is 13.4. The summed E-state index contributed by atoms with van der Waals surface area (Å²) < 4.78 is 1.52. The standard InChI is InChI=1S/C23H22N2O3/c1-15-9-11-19(12-10-15)22(27)24-21-13-20(17(3)26)16(2)25(23(21)28)14-18-7-5-4-6-8-18/h4-13H,14H2,1-3H3,(H,24,27). The van der Waals surface area contributed by atoms with Crippen molar-refractivity contribution >= 4 is 17.4 Å². The van der Waals surface area contributed by atoms with E-state index in [2.05, 4.69) is 5.32 Å². The molecule has 0 saturated carbocycles. The molecule has 0 atom stereocenters. The van der Waals surface area contributed by atoms with Crippen LogP contribution in [0.3, 0.4) is 0 Å². The van der Waals surface area contributed by atoms with Gasteiger partial charge in [0.1, 0.15) is 5.69 Å². The molecule has 1 amide bonds. The number of benzene rings is 2. The van der Waals surface area contributed by atoms with Crippen molar-refractivity contribution in [2.75, 3.05) is 5.32 Å². The van der Waals surface area contributed by atoms with Crippen molar-refractivity contribution in [1.29, 1.82) is 0 Å². The maximum absolute atomic E-state index is 13.0. The van der Waals surface area contributed by atoms with Crippen LogP contribution in [0, 0.1) is 13.8 Å². The molecule has 142 valence electrons. The molecule has 5 heteroatoms. The van der Waals surface area contributed by atoms with Crippen molar-refractivity contribution in [2.45, 2.75) is 27.3 Å². The van der Waals surface area contributed by atoms with Gasteiger partial charge < -0.3 is 9.88 Å². The Bertz CT molecular complexity index is 1080. The number of hydrogen-bond donors (Lipinski definition) is 1. The molecule has 1 N–H and O–H groups in total. The largest absolute Gasteiger partial charge is 0.317 e. The minimum atomic E-state index is -0.387. The summed E-state index contributed by atoms with van der Waals surface area (Å²) in [6.07, 6.45) is 0. The van der Waals surface area contributed by atoms with Crippen molar-refractivity contribution in [2.24, 2.45) is 0 Å². The second-order valence-electron chi connectivity index (χ2n) is 6.81. The molecule has 0 unspecified atom stereocenters. The first-order valence-electron chi connectivity index (χ1n) is 9.04. The van der Waals surface area contributed by atoms with Gasteiger partial charge in [0.25, 0.3) is 11.5 Å². The maximum atomic E-state index is 13.0. The molecule has 0 bridgehead atoms. The number of anilines is 1. The summed E-state index contributed by atoms with van der Waals surface area (Å²) in [6, 6.07) is 18.0. The number of carbonyl (C=O) groups excluding carboxylic acids is 2. The van der Waals surface area contributed by atoms with Crippen molar-refractivity contribution in [3.05, 3.63) is 99.0 Å². The molecule has 0 saturated heterocycles. The normalized spacial score (nSPS) is 10.5. The zero-order valence-electron chi connectivity index (χ0n) is 16.2. The molecular weight excluding hydrogens is 352 g/mol. The highest BCUT2D eigenvalue weighted by molar-refractivity contribution is 6.05. The molecule has 5 nitrogen and oxygen atoms in total. The smallest absolute Gasteiger partial charge is 0.274 e. The average Bonchev–Trinajstić information content (AvgIpc) is 2.68. The van der Waals surface area contributed by atoms with Crippen LogP contribution < -0.4 is 10.9 Å². The lowest BCUT2D eigenvalue weighted by Crippen LogP contribution is -2.29. The molecule has 0 fully saturated rings. The van der Waals surface area contributed by atoms with Gasteiger partial charge in [-0.05, 0) is 44.5 Å². The Hall–Kier alpha value is -3.47. The van der Waals surface area contributed by atoms with Crippen LogP contribution in [0.4, 0.5) is 5.69 Å². The molecule has 0 aliphatic rings. The van der Waals surface area contributed by atoms with Crippen molar-refractivity contribution in [3.8, 4) is 0 Å². The van der Waals surface area contributed by atoms with Crippen molar-refractivity contribution < 1.29 is 9.59 Å². The highest BCUT2D eigenvalue weighted by atomic mass is 16.2. The quantitative estimate of drug-likeness (QED) is 0.687. The molecular formula is C23H22N2O3. The second-order valence-corrected chi connectivity index (χ2v) is 6.81. The first-order valence-corrected chi connectivity index (χ1v) is 9.04. The molecule has 0 aliphatic heterocycles. The van der Waals surface area contributed by atoms with E-state index < -0.39 is 0 Å². The number of amides is 1. The van der Waals surface area contributed by atoms with Gasteiger partial charge in [0.05, 0.1) is 6.54 Å². The predicted molar refractivity (Wildman–Crippen MR) is 110 cm³/mol. The van der Waals surface area contributed by atoms with Crippen LogP contribution in [-0.4, -0.2) is 16.3 Å². The second kappa shape index (κ2) is 8.05. The van der Waals surface area contributed by atoms with E-state index in [-0.39, 0.29) is 22.9 Å². The number of rotatable bonds is 5. The van der Waals surface area contributed by atoms with E-state index in [0.717, 1.165) is 11.1 Å². The zero-order chi connectivity index (χ0) is 20.3. The number of hydrogen-bond acceptors (Lipinski definition) is 3. The summed E-state index contributed by atoms with van der Waals surface area (Å²) in [5.41, 5.74) is 3.17. The topological polar surface area (TPSA) is 68.2 Å². The van der Waals surface area contributed by atoms with E-state index in [4.69, 9.17) is 0 Å². The van der Waals surface area contributed by atoms with Gasteiger partial charge in [-0.1, -0.05) is 48.0 Å². The van der Waals surface area contributed by atoms with Gasteiger partial charge in [0, 0.05) is 16.8 Å². The van der Waals surface area contributed by atoms with E-state index in [1.807, 2.05) is 49.4 Å². The Morgan fingerprint density at radius 1 is 0.964 bits per heavy atom. The predicted octanol–water partition coefficient (Wildman–Crippen LogP) is 3.97. The minimum absolute atomic E-state index is 0.0947. The lowest BCUT2D eigenvalue weighted by Gasteiger charge is -2.16. The summed E-state index contributed by atoms with van der Waals surface area (Å²) in [5.74, 6) is -0.549. The van der Waals surface area contributed by atoms with E-state index in [0.29, 0.717) is 23.4 Å². The van der Waals surface area contributed by atoms with Crippen LogP contribution in [0.2, 0.25) is 0 Å². The fourth-order valence-corrected chi connectivity index (χ4v) is 3.06. The fourth-order valence-electron chi connectivity index (χ4n) is 3.06. The maximum Gasteiger partial charge on any atom is 0.274 e. The van der Waals surface area contributed by atoms with Gasteiger partial charge in [0.2, 0.25) is 0 Å². The van der Waals surface area contributed by atoms with Gasteiger partial charge >= 0.3 is 0 Å². The number of nitrogens with one attached hydrogen (secondary N) is 1.